The molecule has 0 unspecified atom stereocenters. The Bertz CT molecular complexity index is 1020. The number of sulfonamides is 1. The molecule has 26 heavy (non-hydrogen) atoms. The number of nitrogens with two attached hydrogens (primary N) is 1. The van der Waals surface area contributed by atoms with E-state index in [1.54, 1.807) is 36.4 Å². The first kappa shape index (κ1) is 17.5. The first-order chi connectivity index (χ1) is 12.5. The van der Waals surface area contributed by atoms with Gasteiger partial charge in [0, 0.05) is 5.56 Å². The van der Waals surface area contributed by atoms with Gasteiger partial charge in [-0.2, -0.15) is 0 Å². The summed E-state index contributed by atoms with van der Waals surface area (Å²) < 4.78 is 33.5. The molecule has 0 saturated heterocycles. The minimum Gasteiger partial charge on any atom is -0.455 e. The summed E-state index contributed by atoms with van der Waals surface area (Å²) >= 11 is 0. The first-order valence-corrected chi connectivity index (χ1v) is 9.19. The van der Waals surface area contributed by atoms with Crippen LogP contribution >= 0.6 is 0 Å². The van der Waals surface area contributed by atoms with Crippen LogP contribution in [0.25, 0.3) is 0 Å². The van der Waals surface area contributed by atoms with Crippen molar-refractivity contribution in [1.29, 1.82) is 0 Å². The number of amides is 1. The number of nitrogens with one attached hydrogen (secondary N) is 1. The molecule has 0 aliphatic carbocycles. The number of anilines is 1. The summed E-state index contributed by atoms with van der Waals surface area (Å²) in [5, 5.41) is 0. The standard InChI is InChI=1S/C19H16N2O4S/c20-19(22)14-10-12-16(13-11-14)26(23,24)21-17-8-4-5-9-18(17)25-15-6-2-1-3-7-15/h1-13,21H,(H2,20,22). The van der Waals surface area contributed by atoms with Gasteiger partial charge in [-0.05, 0) is 48.5 Å². The zero-order valence-corrected chi connectivity index (χ0v) is 14.4. The SMILES string of the molecule is NC(=O)c1ccc(S(=O)(=O)Nc2ccccc2Oc2ccccc2)cc1. The summed E-state index contributed by atoms with van der Waals surface area (Å²) in [7, 11) is -3.85. The van der Waals surface area contributed by atoms with Crippen molar-refractivity contribution >= 4 is 21.6 Å². The van der Waals surface area contributed by atoms with E-state index in [1.165, 1.54) is 24.3 Å². The summed E-state index contributed by atoms with van der Waals surface area (Å²) in [5.74, 6) is 0.338. The van der Waals surface area contributed by atoms with Gasteiger partial charge in [0.2, 0.25) is 5.91 Å². The van der Waals surface area contributed by atoms with E-state index in [9.17, 15) is 13.2 Å². The second kappa shape index (κ2) is 7.28. The van der Waals surface area contributed by atoms with Crippen molar-refractivity contribution in [2.45, 2.75) is 4.90 Å². The Morgan fingerprint density at radius 1 is 0.846 bits per heavy atom. The van der Waals surface area contributed by atoms with Crippen molar-refractivity contribution in [3.05, 3.63) is 84.4 Å². The predicted molar refractivity (Wildman–Crippen MR) is 98.7 cm³/mol. The lowest BCUT2D eigenvalue weighted by atomic mass is 10.2. The van der Waals surface area contributed by atoms with Gasteiger partial charge in [0.05, 0.1) is 10.6 Å². The minimum absolute atomic E-state index is 0.0111. The van der Waals surface area contributed by atoms with Gasteiger partial charge in [0.25, 0.3) is 10.0 Å². The minimum atomic E-state index is -3.85. The second-order valence-electron chi connectivity index (χ2n) is 5.41. The highest BCUT2D eigenvalue weighted by molar-refractivity contribution is 7.92. The molecule has 0 spiro atoms. The van der Waals surface area contributed by atoms with Gasteiger partial charge in [-0.1, -0.05) is 30.3 Å². The molecule has 3 rings (SSSR count). The van der Waals surface area contributed by atoms with E-state index in [-0.39, 0.29) is 10.5 Å². The molecular formula is C19H16N2O4S. The van der Waals surface area contributed by atoms with Crippen LogP contribution < -0.4 is 15.2 Å². The van der Waals surface area contributed by atoms with Crippen LogP contribution in [-0.2, 0) is 10.0 Å². The summed E-state index contributed by atoms with van der Waals surface area (Å²) in [6.45, 7) is 0. The molecule has 1 amide bonds. The molecule has 132 valence electrons. The monoisotopic (exact) mass is 368 g/mol. The molecule has 0 aliphatic rings. The topological polar surface area (TPSA) is 98.5 Å². The Morgan fingerprint density at radius 2 is 1.46 bits per heavy atom. The lowest BCUT2D eigenvalue weighted by Gasteiger charge is -2.13. The Labute approximate surface area is 151 Å². The highest BCUT2D eigenvalue weighted by atomic mass is 32.2. The van der Waals surface area contributed by atoms with Gasteiger partial charge in [-0.25, -0.2) is 8.42 Å². The van der Waals surface area contributed by atoms with Gasteiger partial charge in [0.15, 0.2) is 5.75 Å². The number of primary amides is 1. The predicted octanol–water partition coefficient (Wildman–Crippen LogP) is 3.38. The molecule has 0 saturated carbocycles. The fourth-order valence-electron chi connectivity index (χ4n) is 2.26. The molecule has 0 heterocycles. The van der Waals surface area contributed by atoms with Crippen molar-refractivity contribution in [1.82, 2.24) is 0 Å². The van der Waals surface area contributed by atoms with E-state index in [2.05, 4.69) is 4.72 Å². The van der Waals surface area contributed by atoms with Gasteiger partial charge < -0.3 is 10.5 Å². The van der Waals surface area contributed by atoms with E-state index < -0.39 is 15.9 Å². The third kappa shape index (κ3) is 4.01. The van der Waals surface area contributed by atoms with Crippen LogP contribution in [0.4, 0.5) is 5.69 Å². The number of benzene rings is 3. The van der Waals surface area contributed by atoms with Crippen LogP contribution in [0.1, 0.15) is 10.4 Å². The molecule has 3 aromatic carbocycles. The number of hydrogen-bond acceptors (Lipinski definition) is 4. The summed E-state index contributed by atoms with van der Waals surface area (Å²) in [6.07, 6.45) is 0. The fourth-order valence-corrected chi connectivity index (χ4v) is 3.33. The van der Waals surface area contributed by atoms with Gasteiger partial charge in [-0.15, -0.1) is 0 Å². The Morgan fingerprint density at radius 3 is 2.12 bits per heavy atom. The van der Waals surface area contributed by atoms with Crippen LogP contribution in [0.3, 0.4) is 0 Å². The van der Waals surface area contributed by atoms with E-state index >= 15 is 0 Å². The Hall–Kier alpha value is -3.32. The van der Waals surface area contributed by atoms with E-state index in [1.807, 2.05) is 18.2 Å². The smallest absolute Gasteiger partial charge is 0.262 e. The molecule has 0 atom stereocenters. The number of rotatable bonds is 6. The Balaban J connectivity index is 1.87. The van der Waals surface area contributed by atoms with Crippen LogP contribution in [0.2, 0.25) is 0 Å². The molecule has 0 fully saturated rings. The van der Waals surface area contributed by atoms with Crippen molar-refractivity contribution in [3.63, 3.8) is 0 Å². The van der Waals surface area contributed by atoms with Crippen molar-refractivity contribution in [2.24, 2.45) is 5.73 Å². The largest absolute Gasteiger partial charge is 0.455 e. The van der Waals surface area contributed by atoms with Crippen molar-refractivity contribution < 1.29 is 17.9 Å². The maximum atomic E-state index is 12.6. The van der Waals surface area contributed by atoms with E-state index in [0.29, 0.717) is 17.2 Å². The molecule has 0 bridgehead atoms. The summed E-state index contributed by atoms with van der Waals surface area (Å²) in [4.78, 5) is 11.1. The van der Waals surface area contributed by atoms with Crippen LogP contribution in [-0.4, -0.2) is 14.3 Å². The molecular weight excluding hydrogens is 352 g/mol. The molecule has 0 aliphatic heterocycles. The maximum Gasteiger partial charge on any atom is 0.262 e. The average molecular weight is 368 g/mol. The lowest BCUT2D eigenvalue weighted by Crippen LogP contribution is -2.15. The van der Waals surface area contributed by atoms with Crippen molar-refractivity contribution in [2.75, 3.05) is 4.72 Å². The molecule has 3 aromatic rings. The quantitative estimate of drug-likeness (QED) is 0.697. The van der Waals surface area contributed by atoms with Crippen LogP contribution in [0.5, 0.6) is 11.5 Å². The van der Waals surface area contributed by atoms with Crippen LogP contribution in [0.15, 0.2) is 83.8 Å². The third-order valence-corrected chi connectivity index (χ3v) is 4.93. The Kier molecular flexibility index (Phi) is 4.90. The summed E-state index contributed by atoms with van der Waals surface area (Å²) in [5.41, 5.74) is 5.70. The number of ether oxygens (including phenoxy) is 1. The van der Waals surface area contributed by atoms with E-state index in [0.717, 1.165) is 0 Å². The number of hydrogen-bond donors (Lipinski definition) is 2. The first-order valence-electron chi connectivity index (χ1n) is 7.70. The highest BCUT2D eigenvalue weighted by Gasteiger charge is 2.17. The number of carbonyl (C=O) groups excluding carboxylic acids is 1. The maximum absolute atomic E-state index is 12.6. The van der Waals surface area contributed by atoms with E-state index in [4.69, 9.17) is 10.5 Å². The molecule has 0 aromatic heterocycles. The molecule has 0 radical (unpaired) electrons. The fraction of sp³-hybridized carbons (Fsp3) is 0. The summed E-state index contributed by atoms with van der Waals surface area (Å²) in [6, 6.07) is 21.1. The van der Waals surface area contributed by atoms with Gasteiger partial charge in [-0.3, -0.25) is 9.52 Å². The number of carbonyl (C=O) groups is 1. The second-order valence-corrected chi connectivity index (χ2v) is 7.09. The number of para-hydroxylation sites is 3. The van der Waals surface area contributed by atoms with Gasteiger partial charge >= 0.3 is 0 Å². The molecule has 6 nitrogen and oxygen atoms in total. The zero-order chi connectivity index (χ0) is 18.6. The molecule has 3 N–H and O–H groups in total. The van der Waals surface area contributed by atoms with Crippen molar-refractivity contribution in [3.8, 4) is 11.5 Å². The highest BCUT2D eigenvalue weighted by Crippen LogP contribution is 2.30. The molecule has 7 heteroatoms. The lowest BCUT2D eigenvalue weighted by molar-refractivity contribution is 0.1000. The van der Waals surface area contributed by atoms with Gasteiger partial charge in [0.1, 0.15) is 5.75 Å². The normalized spacial score (nSPS) is 10.9. The average Bonchev–Trinajstić information content (AvgIpc) is 2.64. The third-order valence-electron chi connectivity index (χ3n) is 3.55. The van der Waals surface area contributed by atoms with Crippen LogP contribution in [0, 0.1) is 0 Å². The zero-order valence-electron chi connectivity index (χ0n) is 13.6.